The molecule has 6 heterocycles. The molecule has 0 aromatic heterocycles. The van der Waals surface area contributed by atoms with Crippen molar-refractivity contribution in [2.24, 2.45) is 0 Å². The highest BCUT2D eigenvalue weighted by Gasteiger charge is 2.61. The van der Waals surface area contributed by atoms with Gasteiger partial charge in [-0.05, 0) is 0 Å². The van der Waals surface area contributed by atoms with E-state index in [9.17, 15) is 153 Å². The maximum Gasteiger partial charge on any atom is 0.471 e. The Morgan fingerprint density at radius 2 is 0.773 bits per heavy atom. The van der Waals surface area contributed by atoms with Crippen LogP contribution in [0.1, 0.15) is 0 Å². The number of ether oxygens (including phenoxy) is 11. The van der Waals surface area contributed by atoms with Gasteiger partial charge in [0.2, 0.25) is 0 Å². The molecule has 0 aromatic rings. The molecule has 44 nitrogen and oxygen atoms in total. The van der Waals surface area contributed by atoms with Gasteiger partial charge in [0, 0.05) is 0 Å². The van der Waals surface area contributed by atoms with Crippen LogP contribution in [0.15, 0.2) is 0 Å². The van der Waals surface area contributed by atoms with E-state index < -0.39 is 265 Å². The number of carbonyl (C=O) groups is 4. The molecule has 50 heteroatoms. The van der Waals surface area contributed by atoms with Gasteiger partial charge in [0.25, 0.3) is 0 Å². The molecule has 88 heavy (non-hydrogen) atoms. The quantitative estimate of drug-likeness (QED) is 0.0422. The predicted octanol–water partition coefficient (Wildman–Crippen LogP) is -14.5. The molecule has 6 aliphatic heterocycles. The molecule has 22 N–H and O–H groups in total. The second kappa shape index (κ2) is 28.7. The molecule has 6 aliphatic rings. The molecular formula is C38H58F3N3O41S3. The van der Waals surface area contributed by atoms with Crippen molar-refractivity contribution in [1.82, 2.24) is 14.8 Å². The van der Waals surface area contributed by atoms with Crippen molar-refractivity contribution in [2.45, 2.75) is 190 Å². The summed E-state index contributed by atoms with van der Waals surface area (Å²) in [7, 11) is -17.4. The smallest absolute Gasteiger partial charge is 0.471 e. The molecule has 30 atom stereocenters. The van der Waals surface area contributed by atoms with E-state index in [4.69, 9.17) is 52.1 Å². The highest BCUT2D eigenvalue weighted by molar-refractivity contribution is 7.84. The highest BCUT2D eigenvalue weighted by Crippen LogP contribution is 2.38. The fourth-order valence-corrected chi connectivity index (χ4v) is 11.4. The summed E-state index contributed by atoms with van der Waals surface area (Å²) in [4.78, 5) is 49.3. The molecule has 0 bridgehead atoms. The number of aliphatic hydroxyl groups excluding tert-OH is 13. The van der Waals surface area contributed by atoms with Crippen LogP contribution in [0, 0.1) is 0 Å². The summed E-state index contributed by atoms with van der Waals surface area (Å²) in [5.74, 6) is -9.40. The number of halogens is 3. The molecule has 0 saturated carbocycles. The zero-order valence-electron chi connectivity index (χ0n) is 43.3. The summed E-state index contributed by atoms with van der Waals surface area (Å²) in [5, 5.41) is 171. The number of rotatable bonds is 23. The van der Waals surface area contributed by atoms with E-state index in [1.807, 2.05) is 0 Å². The molecular weight excluding hydrogens is 1310 g/mol. The third-order valence-electron chi connectivity index (χ3n) is 13.8. The normalized spacial score (nSPS) is 44.0. The third kappa shape index (κ3) is 16.9. The molecule has 0 spiro atoms. The fourth-order valence-electron chi connectivity index (χ4n) is 9.69. The van der Waals surface area contributed by atoms with Gasteiger partial charge < -0.3 is 139 Å². The number of carbonyl (C=O) groups excluding carboxylic acids is 1. The Morgan fingerprint density at radius 1 is 0.409 bits per heavy atom. The van der Waals surface area contributed by atoms with Gasteiger partial charge in [-0.25, -0.2) is 18.6 Å². The number of alkyl halides is 3. The Labute approximate surface area is 487 Å². The minimum atomic E-state index is -6.03. The van der Waals surface area contributed by atoms with Crippen LogP contribution in [0.5, 0.6) is 0 Å². The Hall–Kier alpha value is -3.68. The van der Waals surface area contributed by atoms with Crippen molar-refractivity contribution in [3.05, 3.63) is 0 Å². The van der Waals surface area contributed by atoms with E-state index in [0.29, 0.717) is 0 Å². The van der Waals surface area contributed by atoms with Gasteiger partial charge in [-0.1, -0.05) is 0 Å². The lowest BCUT2D eigenvalue weighted by atomic mass is 9.94. The standard InChI is InChI=1S/C38H58F3N3O41S3/c39-38(40,41)37(64)42-7-11(49)10(48)4(1-45)74-32(7)80-22-15(53)17(55)35(83-26(22)29(59)60)78-19-5(2-46)75-34(8(12(19)50)43-86(65,66)67)82-23-18(56)24(85-88(71,72)73)36(84-27(23)30(61)62)79-20-6(3-47)76-33(9(13(20)51)44-87(68,69)70)81-21-14(52)16(54)31(63)77-25(21)28(57)58/h4-27,31-36,43-56,63H,1-3H2,(H,42,64)(H,57,58)(H,59,60)(H,61,62)(H,65,66,67)(H,68,69,70)(H,71,72,73)/t4-,5-,6-,7-,8-,9-,10-,11-,12-,13-,14-,15-,16-,17-,18+,19-,20-,21+,22+,23+,24-,25+,26+,27-,31-,32-,33-,34-,35-,36-/m1/s1. The second-order valence-corrected chi connectivity index (χ2v) is 23.0. The van der Waals surface area contributed by atoms with Crippen molar-refractivity contribution in [3.63, 3.8) is 0 Å². The van der Waals surface area contributed by atoms with Gasteiger partial charge in [0.1, 0.15) is 122 Å². The molecule has 0 aromatic carbocycles. The fraction of sp³-hybridized carbons (Fsp3) is 0.895. The Morgan fingerprint density at radius 3 is 1.17 bits per heavy atom. The summed E-state index contributed by atoms with van der Waals surface area (Å²) in [5.41, 5.74) is 0. The Kier molecular flexibility index (Phi) is 23.9. The summed E-state index contributed by atoms with van der Waals surface area (Å²) < 4.78 is 208. The lowest BCUT2D eigenvalue weighted by Crippen LogP contribution is -2.71. The second-order valence-electron chi connectivity index (χ2n) is 19.6. The molecule has 510 valence electrons. The molecule has 1 amide bonds. The first-order chi connectivity index (χ1) is 40.5. The Bertz CT molecular complexity index is 2780. The van der Waals surface area contributed by atoms with Gasteiger partial charge in [-0.2, -0.15) is 47.9 Å². The van der Waals surface area contributed by atoms with Crippen LogP contribution < -0.4 is 14.8 Å². The highest BCUT2D eigenvalue weighted by atomic mass is 32.3. The number of amides is 1. The molecule has 6 fully saturated rings. The zero-order chi connectivity index (χ0) is 66.4. The van der Waals surface area contributed by atoms with Gasteiger partial charge in [-0.15, -0.1) is 0 Å². The molecule has 0 unspecified atom stereocenters. The van der Waals surface area contributed by atoms with Crippen molar-refractivity contribution in [1.29, 1.82) is 0 Å². The topological polar surface area (TPSA) is 702 Å². The summed E-state index contributed by atoms with van der Waals surface area (Å²) in [6.45, 7) is -4.25. The van der Waals surface area contributed by atoms with Crippen LogP contribution in [0.25, 0.3) is 0 Å². The third-order valence-corrected chi connectivity index (χ3v) is 15.4. The number of hydrogen-bond acceptors (Lipinski definition) is 35. The predicted molar refractivity (Wildman–Crippen MR) is 248 cm³/mol. The molecule has 0 aliphatic carbocycles. The lowest BCUT2D eigenvalue weighted by molar-refractivity contribution is -0.377. The maximum absolute atomic E-state index is 13.3. The van der Waals surface area contributed by atoms with Crippen molar-refractivity contribution < 1.29 is 209 Å². The van der Waals surface area contributed by atoms with Crippen molar-refractivity contribution >= 4 is 54.8 Å². The maximum atomic E-state index is 13.3. The summed E-state index contributed by atoms with van der Waals surface area (Å²) in [6.07, 6.45) is -76.3. The number of hydrogen-bond donors (Lipinski definition) is 22. The van der Waals surface area contributed by atoms with Crippen LogP contribution in [-0.4, -0.2) is 354 Å². The molecule has 6 saturated heterocycles. The number of nitrogens with one attached hydrogen (secondary N) is 3. The first-order valence-electron chi connectivity index (χ1n) is 24.6. The van der Waals surface area contributed by atoms with E-state index in [2.05, 4.69) is 4.18 Å². The Balaban J connectivity index is 1.27. The molecule has 6 rings (SSSR count). The van der Waals surface area contributed by atoms with Crippen molar-refractivity contribution in [3.8, 4) is 0 Å². The lowest BCUT2D eigenvalue weighted by Gasteiger charge is -2.50. The van der Waals surface area contributed by atoms with E-state index in [0.717, 1.165) is 0 Å². The van der Waals surface area contributed by atoms with Crippen LogP contribution in [0.2, 0.25) is 0 Å². The largest absolute Gasteiger partial charge is 0.479 e. The van der Waals surface area contributed by atoms with Crippen LogP contribution in [-0.2, 0) is 106 Å². The van der Waals surface area contributed by atoms with Gasteiger partial charge in [-0.3, -0.25) is 18.5 Å². The van der Waals surface area contributed by atoms with E-state index in [1.54, 1.807) is 0 Å². The van der Waals surface area contributed by atoms with Crippen LogP contribution in [0.4, 0.5) is 13.2 Å². The zero-order valence-corrected chi connectivity index (χ0v) is 45.7. The SMILES string of the molecule is O=C(O)[C@H]1O[C@@H](O)[C@H](O)[C@@H](O)[C@@H]1O[C@H]1O[C@H](CO)[C@@H](O[C@@H]2O[C@@H](C(=O)O)[C@@H](O[C@H]3O[C@H](CO)[C@@H](O[C@@H]4O[C@H](C(=O)O)[C@@H](O[C@H]5O[C@H](CO)[C@@H](O)[C@H](O)[C@H]5NC(=O)C(F)(F)F)[C@H](O)[C@H]4O)[C@H](O)[C@H]3NS(=O)(=O)O)[C@H](O)[C@H]2OS(=O)(=O)O)[C@H](O)[C@H]1NS(=O)(=O)O. The molecule has 0 radical (unpaired) electrons. The monoisotopic (exact) mass is 1370 g/mol. The number of carboxylic acid groups (broad SMARTS) is 3. The van der Waals surface area contributed by atoms with Gasteiger partial charge >= 0.3 is 61.0 Å². The number of aliphatic carboxylic acids is 3. The average Bonchev–Trinajstić information content (AvgIpc) is 0.949. The van der Waals surface area contributed by atoms with Crippen molar-refractivity contribution in [2.75, 3.05) is 19.8 Å². The minimum Gasteiger partial charge on any atom is -0.479 e. The first kappa shape index (κ1) is 73.4. The average molecular weight is 1370 g/mol. The van der Waals surface area contributed by atoms with E-state index >= 15 is 0 Å². The van der Waals surface area contributed by atoms with Crippen LogP contribution >= 0.6 is 0 Å². The summed E-state index contributed by atoms with van der Waals surface area (Å²) in [6, 6.07) is -7.88. The van der Waals surface area contributed by atoms with Gasteiger partial charge in [0.05, 0.1) is 19.8 Å². The van der Waals surface area contributed by atoms with E-state index in [-0.39, 0.29) is 0 Å². The van der Waals surface area contributed by atoms with Gasteiger partial charge in [0.15, 0.2) is 62.2 Å². The summed E-state index contributed by atoms with van der Waals surface area (Å²) >= 11 is 0. The van der Waals surface area contributed by atoms with E-state index in [1.165, 1.54) is 14.8 Å². The van der Waals surface area contributed by atoms with Crippen LogP contribution in [0.3, 0.4) is 0 Å². The first-order valence-corrected chi connectivity index (χ1v) is 28.8. The number of carboxylic acids is 3. The minimum absolute atomic E-state index is 1.21. The number of aliphatic hydroxyl groups is 13.